The van der Waals surface area contributed by atoms with Gasteiger partial charge in [0.1, 0.15) is 0 Å². The van der Waals surface area contributed by atoms with Gasteiger partial charge in [0.05, 0.1) is 12.7 Å². The van der Waals surface area contributed by atoms with E-state index < -0.39 is 0 Å². The maximum absolute atomic E-state index is 9.30. The van der Waals surface area contributed by atoms with Gasteiger partial charge in [-0.1, -0.05) is 6.92 Å². The smallest absolute Gasteiger partial charge is 0.0584 e. The fourth-order valence-corrected chi connectivity index (χ4v) is 1.88. The first-order chi connectivity index (χ1) is 6.26. The van der Waals surface area contributed by atoms with Gasteiger partial charge < -0.3 is 15.5 Å². The molecule has 3 N–H and O–H groups in total. The molecule has 0 radical (unpaired) electrons. The van der Waals surface area contributed by atoms with Crippen LogP contribution in [0.5, 0.6) is 0 Å². The predicted octanol–water partition coefficient (Wildman–Crippen LogP) is 0.650. The van der Waals surface area contributed by atoms with Gasteiger partial charge in [0.25, 0.3) is 0 Å². The second-order valence-corrected chi connectivity index (χ2v) is 3.96. The van der Waals surface area contributed by atoms with Crippen LogP contribution >= 0.6 is 0 Å². The third kappa shape index (κ3) is 3.63. The average molecular weight is 187 g/mol. The molecule has 0 aliphatic heterocycles. The molecule has 0 unspecified atom stereocenters. The van der Waals surface area contributed by atoms with Crippen LogP contribution in [0.15, 0.2) is 0 Å². The van der Waals surface area contributed by atoms with E-state index in [1.54, 1.807) is 0 Å². The summed E-state index contributed by atoms with van der Waals surface area (Å²) in [5.74, 6) is 0. The Kier molecular flexibility index (Phi) is 4.70. The average Bonchev–Trinajstić information content (AvgIpc) is 2.17. The highest BCUT2D eigenvalue weighted by Gasteiger charge is 2.20. The van der Waals surface area contributed by atoms with E-state index in [1.165, 1.54) is 0 Å². The SMILES string of the molecule is CC[C@@H](CO)NC1CCC(O)CC1. The molecular formula is C10H21NO2. The van der Waals surface area contributed by atoms with Crippen LogP contribution in [0, 0.1) is 0 Å². The molecule has 1 fully saturated rings. The first-order valence-corrected chi connectivity index (χ1v) is 5.31. The molecule has 1 aliphatic carbocycles. The standard InChI is InChI=1S/C10H21NO2/c1-2-8(7-12)11-9-3-5-10(13)6-4-9/h8-13H,2-7H2,1H3/t8-,9?,10?/m0/s1. The minimum absolute atomic E-state index is 0.0905. The van der Waals surface area contributed by atoms with Gasteiger partial charge in [0, 0.05) is 12.1 Å². The normalized spacial score (nSPS) is 31.6. The number of hydrogen-bond donors (Lipinski definition) is 3. The summed E-state index contributed by atoms with van der Waals surface area (Å²) >= 11 is 0. The van der Waals surface area contributed by atoms with Gasteiger partial charge in [-0.2, -0.15) is 0 Å². The predicted molar refractivity (Wildman–Crippen MR) is 52.6 cm³/mol. The zero-order chi connectivity index (χ0) is 9.68. The number of nitrogens with one attached hydrogen (secondary N) is 1. The lowest BCUT2D eigenvalue weighted by Crippen LogP contribution is -2.42. The van der Waals surface area contributed by atoms with Crippen LogP contribution in [0.4, 0.5) is 0 Å². The van der Waals surface area contributed by atoms with E-state index in [0.717, 1.165) is 32.1 Å². The lowest BCUT2D eigenvalue weighted by molar-refractivity contribution is 0.110. The lowest BCUT2D eigenvalue weighted by atomic mass is 9.92. The molecule has 0 aromatic rings. The molecule has 0 aromatic carbocycles. The summed E-state index contributed by atoms with van der Waals surface area (Å²) in [6, 6.07) is 0.737. The lowest BCUT2D eigenvalue weighted by Gasteiger charge is -2.29. The Balaban J connectivity index is 2.21. The Labute approximate surface area is 80.2 Å². The van der Waals surface area contributed by atoms with Gasteiger partial charge in [0.2, 0.25) is 0 Å². The minimum atomic E-state index is -0.0905. The Morgan fingerprint density at radius 1 is 1.31 bits per heavy atom. The Morgan fingerprint density at radius 2 is 1.92 bits per heavy atom. The summed E-state index contributed by atoms with van der Waals surface area (Å²) < 4.78 is 0. The van der Waals surface area contributed by atoms with Gasteiger partial charge >= 0.3 is 0 Å². The molecule has 0 heterocycles. The molecule has 1 aliphatic rings. The summed E-state index contributed by atoms with van der Waals surface area (Å²) in [5.41, 5.74) is 0. The maximum Gasteiger partial charge on any atom is 0.0584 e. The van der Waals surface area contributed by atoms with Crippen LogP contribution in [0.1, 0.15) is 39.0 Å². The molecule has 0 amide bonds. The first-order valence-electron chi connectivity index (χ1n) is 5.31. The maximum atomic E-state index is 9.30. The quantitative estimate of drug-likeness (QED) is 0.605. The zero-order valence-corrected chi connectivity index (χ0v) is 8.37. The van der Waals surface area contributed by atoms with E-state index in [2.05, 4.69) is 12.2 Å². The van der Waals surface area contributed by atoms with Crippen molar-refractivity contribution in [2.45, 2.75) is 57.2 Å². The van der Waals surface area contributed by atoms with Gasteiger partial charge in [-0.15, -0.1) is 0 Å². The van der Waals surface area contributed by atoms with Crippen LogP contribution < -0.4 is 5.32 Å². The zero-order valence-electron chi connectivity index (χ0n) is 8.37. The van der Waals surface area contributed by atoms with Crippen molar-refractivity contribution in [1.29, 1.82) is 0 Å². The van der Waals surface area contributed by atoms with Gasteiger partial charge in [-0.05, 0) is 32.1 Å². The van der Waals surface area contributed by atoms with Crippen molar-refractivity contribution >= 4 is 0 Å². The third-order valence-electron chi connectivity index (χ3n) is 2.88. The van der Waals surface area contributed by atoms with Gasteiger partial charge in [0.15, 0.2) is 0 Å². The van der Waals surface area contributed by atoms with E-state index in [9.17, 15) is 5.11 Å². The molecule has 3 heteroatoms. The molecule has 0 aromatic heterocycles. The molecule has 1 atom stereocenters. The fraction of sp³-hybridized carbons (Fsp3) is 1.00. The number of hydrogen-bond acceptors (Lipinski definition) is 3. The summed E-state index contributed by atoms with van der Waals surface area (Å²) in [6.07, 6.45) is 4.76. The van der Waals surface area contributed by atoms with Crippen molar-refractivity contribution in [3.8, 4) is 0 Å². The van der Waals surface area contributed by atoms with Crippen molar-refractivity contribution in [3.63, 3.8) is 0 Å². The van der Waals surface area contributed by atoms with Crippen LogP contribution in [-0.2, 0) is 0 Å². The molecule has 78 valence electrons. The van der Waals surface area contributed by atoms with E-state index in [4.69, 9.17) is 5.11 Å². The third-order valence-corrected chi connectivity index (χ3v) is 2.88. The monoisotopic (exact) mass is 187 g/mol. The Bertz CT molecular complexity index is 129. The number of aliphatic hydroxyl groups excluding tert-OH is 2. The van der Waals surface area contributed by atoms with E-state index in [0.29, 0.717) is 6.04 Å². The van der Waals surface area contributed by atoms with Crippen molar-refractivity contribution in [3.05, 3.63) is 0 Å². The summed E-state index contributed by atoms with van der Waals surface area (Å²) in [4.78, 5) is 0. The van der Waals surface area contributed by atoms with Gasteiger partial charge in [-0.25, -0.2) is 0 Å². The second kappa shape index (κ2) is 5.58. The molecule has 13 heavy (non-hydrogen) atoms. The first kappa shape index (κ1) is 11.0. The second-order valence-electron chi connectivity index (χ2n) is 3.96. The highest BCUT2D eigenvalue weighted by molar-refractivity contribution is 4.79. The van der Waals surface area contributed by atoms with E-state index >= 15 is 0 Å². The van der Waals surface area contributed by atoms with Crippen LogP contribution in [0.25, 0.3) is 0 Å². The van der Waals surface area contributed by atoms with Crippen LogP contribution in [0.3, 0.4) is 0 Å². The molecule has 0 saturated heterocycles. The van der Waals surface area contributed by atoms with Gasteiger partial charge in [-0.3, -0.25) is 0 Å². The minimum Gasteiger partial charge on any atom is -0.395 e. The molecule has 0 bridgehead atoms. The Hall–Kier alpha value is -0.120. The summed E-state index contributed by atoms with van der Waals surface area (Å²) in [5, 5.41) is 21.7. The highest BCUT2D eigenvalue weighted by Crippen LogP contribution is 2.18. The van der Waals surface area contributed by atoms with Crippen molar-refractivity contribution in [1.82, 2.24) is 5.32 Å². The largest absolute Gasteiger partial charge is 0.395 e. The van der Waals surface area contributed by atoms with E-state index in [-0.39, 0.29) is 18.8 Å². The molecule has 0 spiro atoms. The number of rotatable bonds is 4. The van der Waals surface area contributed by atoms with E-state index in [1.807, 2.05) is 0 Å². The summed E-state index contributed by atoms with van der Waals surface area (Å²) in [6.45, 7) is 2.29. The number of aliphatic hydroxyl groups is 2. The van der Waals surface area contributed by atoms with Crippen molar-refractivity contribution < 1.29 is 10.2 Å². The van der Waals surface area contributed by atoms with Crippen molar-refractivity contribution in [2.75, 3.05) is 6.61 Å². The Morgan fingerprint density at radius 3 is 2.38 bits per heavy atom. The topological polar surface area (TPSA) is 52.5 Å². The highest BCUT2D eigenvalue weighted by atomic mass is 16.3. The van der Waals surface area contributed by atoms with Crippen LogP contribution in [0.2, 0.25) is 0 Å². The molecule has 1 rings (SSSR count). The van der Waals surface area contributed by atoms with Crippen LogP contribution in [-0.4, -0.2) is 35.0 Å². The molecular weight excluding hydrogens is 166 g/mol. The molecule has 1 saturated carbocycles. The fourth-order valence-electron chi connectivity index (χ4n) is 1.88. The molecule has 3 nitrogen and oxygen atoms in total. The summed E-state index contributed by atoms with van der Waals surface area (Å²) in [7, 11) is 0. The van der Waals surface area contributed by atoms with Crippen molar-refractivity contribution in [2.24, 2.45) is 0 Å².